The van der Waals surface area contributed by atoms with Gasteiger partial charge in [-0.3, -0.25) is 9.10 Å². The van der Waals surface area contributed by atoms with Crippen molar-refractivity contribution in [1.82, 2.24) is 0 Å². The minimum absolute atomic E-state index is 0.0767. The molecule has 122 valence electrons. The predicted molar refractivity (Wildman–Crippen MR) is 89.0 cm³/mol. The van der Waals surface area contributed by atoms with Crippen molar-refractivity contribution >= 4 is 21.7 Å². The van der Waals surface area contributed by atoms with Crippen LogP contribution in [-0.4, -0.2) is 26.0 Å². The highest BCUT2D eigenvalue weighted by atomic mass is 32.2. The number of nitrogens with zero attached hydrogens (tertiary/aromatic N) is 1. The van der Waals surface area contributed by atoms with E-state index in [1.807, 2.05) is 19.1 Å². The van der Waals surface area contributed by atoms with Crippen molar-refractivity contribution in [3.8, 4) is 0 Å². The maximum absolute atomic E-state index is 12.9. The van der Waals surface area contributed by atoms with E-state index in [4.69, 9.17) is 5.11 Å². The molecule has 5 nitrogen and oxygen atoms in total. The highest BCUT2D eigenvalue weighted by Crippen LogP contribution is 2.24. The van der Waals surface area contributed by atoms with Gasteiger partial charge in [0.2, 0.25) is 0 Å². The van der Waals surface area contributed by atoms with Gasteiger partial charge in [-0.15, -0.1) is 0 Å². The number of hydrogen-bond acceptors (Lipinski definition) is 3. The molecule has 0 aliphatic rings. The molecule has 2 aromatic carbocycles. The van der Waals surface area contributed by atoms with Gasteiger partial charge in [0.25, 0.3) is 10.0 Å². The molecule has 1 N–H and O–H groups in total. The first-order valence-electron chi connectivity index (χ1n) is 7.27. The lowest BCUT2D eigenvalue weighted by Crippen LogP contribution is -2.32. The molecule has 0 bridgehead atoms. The summed E-state index contributed by atoms with van der Waals surface area (Å²) >= 11 is 0. The Morgan fingerprint density at radius 2 is 1.65 bits per heavy atom. The molecule has 2 rings (SSSR count). The third-order valence-electron chi connectivity index (χ3n) is 3.41. The molecule has 0 amide bonds. The van der Waals surface area contributed by atoms with E-state index in [2.05, 4.69) is 0 Å². The van der Waals surface area contributed by atoms with Gasteiger partial charge in [-0.05, 0) is 37.6 Å². The monoisotopic (exact) mass is 333 g/mol. The zero-order valence-corrected chi connectivity index (χ0v) is 13.7. The van der Waals surface area contributed by atoms with Crippen LogP contribution in [0.4, 0.5) is 5.69 Å². The number of carboxylic acid groups (broad SMARTS) is 1. The van der Waals surface area contributed by atoms with Crippen molar-refractivity contribution in [3.05, 3.63) is 60.2 Å². The zero-order valence-electron chi connectivity index (χ0n) is 12.8. The minimum atomic E-state index is -3.72. The van der Waals surface area contributed by atoms with Gasteiger partial charge in [-0.1, -0.05) is 35.9 Å². The molecule has 2 aromatic rings. The van der Waals surface area contributed by atoms with E-state index in [9.17, 15) is 13.2 Å². The lowest BCUT2D eigenvalue weighted by molar-refractivity contribution is -0.137. The first-order valence-corrected chi connectivity index (χ1v) is 8.71. The number of carboxylic acids is 1. The fourth-order valence-corrected chi connectivity index (χ4v) is 3.72. The third-order valence-corrected chi connectivity index (χ3v) is 5.25. The average molecular weight is 333 g/mol. The molecule has 0 radical (unpaired) electrons. The van der Waals surface area contributed by atoms with Gasteiger partial charge in [-0.25, -0.2) is 8.42 Å². The Balaban J connectivity index is 2.36. The van der Waals surface area contributed by atoms with Gasteiger partial charge in [-0.2, -0.15) is 0 Å². The molecule has 0 aliphatic carbocycles. The molecular weight excluding hydrogens is 314 g/mol. The molecule has 0 saturated heterocycles. The molecular formula is C17H19NO4S. The van der Waals surface area contributed by atoms with E-state index in [0.29, 0.717) is 5.69 Å². The quantitative estimate of drug-likeness (QED) is 0.845. The van der Waals surface area contributed by atoms with E-state index in [0.717, 1.165) is 5.56 Å². The predicted octanol–water partition coefficient (Wildman–Crippen LogP) is 3.06. The standard InChI is InChI=1S/C17H19NO4S/c1-14-9-11-15(12-10-14)18(13-5-8-17(19)20)23(21,22)16-6-3-2-4-7-16/h2-4,6-7,9-12H,5,8,13H2,1H3,(H,19,20). The second kappa shape index (κ2) is 7.28. The summed E-state index contributed by atoms with van der Waals surface area (Å²) in [7, 11) is -3.72. The normalized spacial score (nSPS) is 11.2. The number of aliphatic carboxylic acids is 1. The van der Waals surface area contributed by atoms with E-state index in [1.54, 1.807) is 30.3 Å². The second-order valence-electron chi connectivity index (χ2n) is 5.22. The molecule has 0 unspecified atom stereocenters. The molecule has 0 atom stereocenters. The zero-order chi connectivity index (χ0) is 16.9. The van der Waals surface area contributed by atoms with Crippen molar-refractivity contribution in [3.63, 3.8) is 0 Å². The van der Waals surface area contributed by atoms with Gasteiger partial charge < -0.3 is 5.11 Å². The van der Waals surface area contributed by atoms with Gasteiger partial charge in [0, 0.05) is 13.0 Å². The largest absolute Gasteiger partial charge is 0.481 e. The summed E-state index contributed by atoms with van der Waals surface area (Å²) in [6, 6.07) is 15.3. The summed E-state index contributed by atoms with van der Waals surface area (Å²) in [5.74, 6) is -0.939. The van der Waals surface area contributed by atoms with Crippen LogP contribution >= 0.6 is 0 Å². The Morgan fingerprint density at radius 1 is 1.04 bits per heavy atom. The summed E-state index contributed by atoms with van der Waals surface area (Å²) in [5, 5.41) is 8.79. The van der Waals surface area contributed by atoms with E-state index in [-0.39, 0.29) is 24.3 Å². The van der Waals surface area contributed by atoms with Gasteiger partial charge in [0.15, 0.2) is 0 Å². The average Bonchev–Trinajstić information content (AvgIpc) is 2.53. The molecule has 0 spiro atoms. The Morgan fingerprint density at radius 3 is 2.22 bits per heavy atom. The Kier molecular flexibility index (Phi) is 5.39. The van der Waals surface area contributed by atoms with Crippen molar-refractivity contribution in [1.29, 1.82) is 0 Å². The minimum Gasteiger partial charge on any atom is -0.481 e. The first-order chi connectivity index (χ1) is 10.9. The van der Waals surface area contributed by atoms with E-state index < -0.39 is 16.0 Å². The van der Waals surface area contributed by atoms with Crippen LogP contribution < -0.4 is 4.31 Å². The van der Waals surface area contributed by atoms with Crippen molar-refractivity contribution in [2.75, 3.05) is 10.8 Å². The van der Waals surface area contributed by atoms with Crippen molar-refractivity contribution in [2.45, 2.75) is 24.7 Å². The molecule has 0 fully saturated rings. The molecule has 0 heterocycles. The van der Waals surface area contributed by atoms with Crippen LogP contribution in [0.2, 0.25) is 0 Å². The van der Waals surface area contributed by atoms with Crippen LogP contribution in [0.25, 0.3) is 0 Å². The fraction of sp³-hybridized carbons (Fsp3) is 0.235. The number of carbonyl (C=O) groups is 1. The molecule has 0 saturated carbocycles. The summed E-state index contributed by atoms with van der Waals surface area (Å²) in [4.78, 5) is 10.9. The maximum Gasteiger partial charge on any atom is 0.303 e. The second-order valence-corrected chi connectivity index (χ2v) is 7.09. The van der Waals surface area contributed by atoms with Gasteiger partial charge in [0.1, 0.15) is 0 Å². The third kappa shape index (κ3) is 4.32. The van der Waals surface area contributed by atoms with Crippen LogP contribution in [0.3, 0.4) is 0 Å². The Bertz CT molecular complexity index is 755. The fourth-order valence-electron chi connectivity index (χ4n) is 2.19. The SMILES string of the molecule is Cc1ccc(N(CCCC(=O)O)S(=O)(=O)c2ccccc2)cc1. The molecule has 0 aromatic heterocycles. The number of aryl methyl sites for hydroxylation is 1. The topological polar surface area (TPSA) is 74.7 Å². The lowest BCUT2D eigenvalue weighted by Gasteiger charge is -2.24. The van der Waals surface area contributed by atoms with Crippen LogP contribution in [0.15, 0.2) is 59.5 Å². The summed E-state index contributed by atoms with van der Waals surface area (Å²) in [6.45, 7) is 2.04. The Labute approximate surface area is 136 Å². The highest BCUT2D eigenvalue weighted by Gasteiger charge is 2.24. The lowest BCUT2D eigenvalue weighted by atomic mass is 10.2. The first kappa shape index (κ1) is 17.0. The Hall–Kier alpha value is -2.34. The number of anilines is 1. The van der Waals surface area contributed by atoms with Gasteiger partial charge >= 0.3 is 5.97 Å². The molecule has 6 heteroatoms. The maximum atomic E-state index is 12.9. The molecule has 23 heavy (non-hydrogen) atoms. The molecule has 0 aliphatic heterocycles. The van der Waals surface area contributed by atoms with Crippen LogP contribution in [0.5, 0.6) is 0 Å². The van der Waals surface area contributed by atoms with Crippen LogP contribution in [0.1, 0.15) is 18.4 Å². The number of rotatable bonds is 7. The van der Waals surface area contributed by atoms with E-state index in [1.165, 1.54) is 16.4 Å². The summed E-state index contributed by atoms with van der Waals surface area (Å²) < 4.78 is 27.0. The van der Waals surface area contributed by atoms with Crippen LogP contribution in [0, 0.1) is 6.92 Å². The smallest absolute Gasteiger partial charge is 0.303 e. The number of benzene rings is 2. The van der Waals surface area contributed by atoms with E-state index >= 15 is 0 Å². The van der Waals surface area contributed by atoms with Crippen molar-refractivity contribution < 1.29 is 18.3 Å². The summed E-state index contributed by atoms with van der Waals surface area (Å²) in [6.07, 6.45) is 0.169. The van der Waals surface area contributed by atoms with Crippen LogP contribution in [-0.2, 0) is 14.8 Å². The van der Waals surface area contributed by atoms with Gasteiger partial charge in [0.05, 0.1) is 10.6 Å². The van der Waals surface area contributed by atoms with Crippen molar-refractivity contribution in [2.24, 2.45) is 0 Å². The number of hydrogen-bond donors (Lipinski definition) is 1. The number of sulfonamides is 1. The summed E-state index contributed by atoms with van der Waals surface area (Å²) in [5.41, 5.74) is 1.56. The highest BCUT2D eigenvalue weighted by molar-refractivity contribution is 7.92.